The SMILES string of the molecule is CCCOC(=O)c1nc2cc(C)c(C)cc2nc1N1CCN(c2cc(C)ccc2C)CC1. The predicted molar refractivity (Wildman–Crippen MR) is 130 cm³/mol. The lowest BCUT2D eigenvalue weighted by molar-refractivity contribution is 0.0499. The summed E-state index contributed by atoms with van der Waals surface area (Å²) >= 11 is 0. The van der Waals surface area contributed by atoms with Crippen LogP contribution >= 0.6 is 0 Å². The quantitative estimate of drug-likeness (QED) is 0.542. The minimum Gasteiger partial charge on any atom is -0.461 e. The van der Waals surface area contributed by atoms with Crippen LogP contribution < -0.4 is 9.80 Å². The molecule has 1 aromatic heterocycles. The molecule has 0 spiro atoms. The average molecular weight is 433 g/mol. The first-order valence-corrected chi connectivity index (χ1v) is 11.4. The number of hydrogen-bond donors (Lipinski definition) is 0. The molecule has 4 rings (SSSR count). The van der Waals surface area contributed by atoms with Crippen molar-refractivity contribution in [1.29, 1.82) is 0 Å². The minimum atomic E-state index is -0.397. The van der Waals surface area contributed by atoms with Crippen LogP contribution in [0.2, 0.25) is 0 Å². The van der Waals surface area contributed by atoms with Crippen molar-refractivity contribution in [3.05, 3.63) is 58.3 Å². The minimum absolute atomic E-state index is 0.314. The Kier molecular flexibility index (Phi) is 6.31. The lowest BCUT2D eigenvalue weighted by Gasteiger charge is -2.37. The van der Waals surface area contributed by atoms with E-state index in [1.807, 2.05) is 19.9 Å². The lowest BCUT2D eigenvalue weighted by Crippen LogP contribution is -2.47. The smallest absolute Gasteiger partial charge is 0.360 e. The summed E-state index contributed by atoms with van der Waals surface area (Å²) in [5, 5.41) is 0. The van der Waals surface area contributed by atoms with Crippen molar-refractivity contribution < 1.29 is 9.53 Å². The van der Waals surface area contributed by atoms with Crippen molar-refractivity contribution >= 4 is 28.5 Å². The van der Waals surface area contributed by atoms with E-state index in [9.17, 15) is 4.79 Å². The van der Waals surface area contributed by atoms with E-state index in [1.165, 1.54) is 22.4 Å². The van der Waals surface area contributed by atoms with E-state index >= 15 is 0 Å². The second-order valence-corrected chi connectivity index (χ2v) is 8.72. The van der Waals surface area contributed by atoms with Gasteiger partial charge in [-0.15, -0.1) is 0 Å². The van der Waals surface area contributed by atoms with E-state index in [-0.39, 0.29) is 0 Å². The van der Waals surface area contributed by atoms with Crippen LogP contribution in [0.1, 0.15) is 46.1 Å². The summed E-state index contributed by atoms with van der Waals surface area (Å²) in [7, 11) is 0. The molecular formula is C26H32N4O2. The zero-order chi connectivity index (χ0) is 22.8. The third kappa shape index (κ3) is 4.40. The average Bonchev–Trinajstić information content (AvgIpc) is 2.79. The van der Waals surface area contributed by atoms with Crippen LogP contribution in [-0.4, -0.2) is 48.7 Å². The summed E-state index contributed by atoms with van der Waals surface area (Å²) in [6, 6.07) is 10.6. The highest BCUT2D eigenvalue weighted by Gasteiger charge is 2.26. The summed E-state index contributed by atoms with van der Waals surface area (Å²) in [5.41, 5.74) is 7.98. The van der Waals surface area contributed by atoms with Gasteiger partial charge in [-0.05, 0) is 74.6 Å². The van der Waals surface area contributed by atoms with Crippen LogP contribution in [0.15, 0.2) is 30.3 Å². The van der Waals surface area contributed by atoms with Gasteiger partial charge in [-0.2, -0.15) is 0 Å². The summed E-state index contributed by atoms with van der Waals surface area (Å²) in [6.45, 7) is 14.0. The molecule has 168 valence electrons. The molecule has 0 radical (unpaired) electrons. The Balaban J connectivity index is 1.66. The molecule has 0 N–H and O–H groups in total. The Morgan fingerprint density at radius 2 is 1.50 bits per heavy atom. The topological polar surface area (TPSA) is 58.6 Å². The van der Waals surface area contributed by atoms with Gasteiger partial charge in [0, 0.05) is 31.9 Å². The highest BCUT2D eigenvalue weighted by molar-refractivity contribution is 5.95. The van der Waals surface area contributed by atoms with Crippen LogP contribution in [0.4, 0.5) is 11.5 Å². The van der Waals surface area contributed by atoms with E-state index in [2.05, 4.69) is 54.8 Å². The molecule has 32 heavy (non-hydrogen) atoms. The molecule has 6 heteroatoms. The van der Waals surface area contributed by atoms with Gasteiger partial charge in [0.05, 0.1) is 17.6 Å². The van der Waals surface area contributed by atoms with Crippen molar-refractivity contribution in [1.82, 2.24) is 9.97 Å². The van der Waals surface area contributed by atoms with Crippen LogP contribution in [0.5, 0.6) is 0 Å². The molecule has 0 aliphatic carbocycles. The first-order valence-electron chi connectivity index (χ1n) is 11.4. The summed E-state index contributed by atoms with van der Waals surface area (Å²) in [4.78, 5) is 27.1. The van der Waals surface area contributed by atoms with Gasteiger partial charge in [-0.1, -0.05) is 19.1 Å². The van der Waals surface area contributed by atoms with E-state index in [0.717, 1.165) is 49.2 Å². The number of carbonyl (C=O) groups is 1. The van der Waals surface area contributed by atoms with Crippen molar-refractivity contribution in [2.24, 2.45) is 0 Å². The fourth-order valence-electron chi connectivity index (χ4n) is 4.14. The highest BCUT2D eigenvalue weighted by Crippen LogP contribution is 2.27. The molecule has 0 saturated carbocycles. The van der Waals surface area contributed by atoms with Crippen molar-refractivity contribution in [2.45, 2.75) is 41.0 Å². The summed E-state index contributed by atoms with van der Waals surface area (Å²) < 4.78 is 5.45. The zero-order valence-electron chi connectivity index (χ0n) is 19.7. The van der Waals surface area contributed by atoms with E-state index in [0.29, 0.717) is 18.1 Å². The first-order chi connectivity index (χ1) is 15.4. The van der Waals surface area contributed by atoms with Gasteiger partial charge >= 0.3 is 5.97 Å². The summed E-state index contributed by atoms with van der Waals surface area (Å²) in [6.07, 6.45) is 0.773. The van der Waals surface area contributed by atoms with Crippen molar-refractivity contribution in [3.63, 3.8) is 0 Å². The Morgan fingerprint density at radius 1 is 0.875 bits per heavy atom. The fourth-order valence-corrected chi connectivity index (χ4v) is 4.14. The monoisotopic (exact) mass is 432 g/mol. The summed E-state index contributed by atoms with van der Waals surface area (Å²) in [5.74, 6) is 0.230. The maximum Gasteiger partial charge on any atom is 0.360 e. The molecule has 6 nitrogen and oxygen atoms in total. The Morgan fingerprint density at radius 3 is 2.16 bits per heavy atom. The van der Waals surface area contributed by atoms with Gasteiger partial charge in [-0.25, -0.2) is 14.8 Å². The maximum absolute atomic E-state index is 12.9. The van der Waals surface area contributed by atoms with Gasteiger partial charge < -0.3 is 14.5 Å². The predicted octanol–water partition coefficient (Wildman–Crippen LogP) is 4.76. The first kappa shape index (κ1) is 22.1. The van der Waals surface area contributed by atoms with Crippen molar-refractivity contribution in [3.8, 4) is 0 Å². The molecular weight excluding hydrogens is 400 g/mol. The van der Waals surface area contributed by atoms with Gasteiger partial charge in [0.2, 0.25) is 0 Å². The third-order valence-corrected chi connectivity index (χ3v) is 6.18. The van der Waals surface area contributed by atoms with E-state index < -0.39 is 5.97 Å². The number of esters is 1. The van der Waals surface area contributed by atoms with Gasteiger partial charge in [0.25, 0.3) is 0 Å². The number of hydrogen-bond acceptors (Lipinski definition) is 6. The molecule has 0 unspecified atom stereocenters. The molecule has 0 bridgehead atoms. The van der Waals surface area contributed by atoms with E-state index in [4.69, 9.17) is 14.7 Å². The van der Waals surface area contributed by atoms with Gasteiger partial charge in [-0.3, -0.25) is 0 Å². The number of rotatable bonds is 5. The number of benzene rings is 2. The molecule has 3 aromatic rings. The van der Waals surface area contributed by atoms with Gasteiger partial charge in [0.1, 0.15) is 0 Å². The van der Waals surface area contributed by atoms with Crippen LogP contribution in [0, 0.1) is 27.7 Å². The third-order valence-electron chi connectivity index (χ3n) is 6.18. The number of carbonyl (C=O) groups excluding carboxylic acids is 1. The molecule has 2 heterocycles. The van der Waals surface area contributed by atoms with Gasteiger partial charge in [0.15, 0.2) is 11.5 Å². The number of nitrogens with zero attached hydrogens (tertiary/aromatic N) is 4. The molecule has 0 amide bonds. The molecule has 1 fully saturated rings. The Labute approximate surface area is 190 Å². The molecule has 2 aromatic carbocycles. The normalized spacial score (nSPS) is 14.2. The maximum atomic E-state index is 12.9. The zero-order valence-corrected chi connectivity index (χ0v) is 19.7. The second-order valence-electron chi connectivity index (χ2n) is 8.72. The van der Waals surface area contributed by atoms with E-state index in [1.54, 1.807) is 0 Å². The fraction of sp³-hybridized carbons (Fsp3) is 0.423. The number of fused-ring (bicyclic) bond motifs is 1. The van der Waals surface area contributed by atoms with Crippen LogP contribution in [-0.2, 0) is 4.74 Å². The van der Waals surface area contributed by atoms with Crippen molar-refractivity contribution in [2.75, 3.05) is 42.6 Å². The Hall–Kier alpha value is -3.15. The second kappa shape index (κ2) is 9.15. The standard InChI is InChI=1S/C26H32N4O2/c1-6-13-32-26(31)24-25(28-22-16-20(5)19(4)15-21(22)27-24)30-11-9-29(10-12-30)23-14-17(2)7-8-18(23)3/h7-8,14-16H,6,9-13H2,1-5H3. The number of piperazine rings is 1. The number of aryl methyl sites for hydroxylation is 4. The molecule has 0 atom stereocenters. The van der Waals surface area contributed by atoms with Crippen LogP contribution in [0.3, 0.4) is 0 Å². The Bertz CT molecular complexity index is 1150. The molecule has 1 aliphatic rings. The number of aromatic nitrogens is 2. The largest absolute Gasteiger partial charge is 0.461 e. The number of anilines is 2. The number of ether oxygens (including phenoxy) is 1. The van der Waals surface area contributed by atoms with Crippen LogP contribution in [0.25, 0.3) is 11.0 Å². The highest BCUT2D eigenvalue weighted by atomic mass is 16.5. The lowest BCUT2D eigenvalue weighted by atomic mass is 10.1. The molecule has 1 saturated heterocycles. The molecule has 1 aliphatic heterocycles.